The average molecular weight is 303 g/mol. The first kappa shape index (κ1) is 13.6. The molecule has 5 nitrogen and oxygen atoms in total. The lowest BCUT2D eigenvalue weighted by Crippen LogP contribution is -2.16. The van der Waals surface area contributed by atoms with Crippen LogP contribution in [0.3, 0.4) is 0 Å². The Hall–Kier alpha value is -2.40. The first-order chi connectivity index (χ1) is 10.2. The highest BCUT2D eigenvalue weighted by molar-refractivity contribution is 6.30. The Morgan fingerprint density at radius 1 is 1.33 bits per heavy atom. The molecule has 0 aliphatic carbocycles. The molecule has 6 heteroatoms. The van der Waals surface area contributed by atoms with E-state index in [0.29, 0.717) is 17.3 Å². The smallest absolute Gasteiger partial charge is 0.343 e. The van der Waals surface area contributed by atoms with Crippen LogP contribution >= 0.6 is 11.6 Å². The zero-order valence-electron chi connectivity index (χ0n) is 10.9. The van der Waals surface area contributed by atoms with Gasteiger partial charge in [0.15, 0.2) is 11.8 Å². The molecule has 2 aromatic rings. The van der Waals surface area contributed by atoms with Crippen molar-refractivity contribution in [1.29, 1.82) is 0 Å². The van der Waals surface area contributed by atoms with Crippen molar-refractivity contribution in [2.75, 3.05) is 0 Å². The summed E-state index contributed by atoms with van der Waals surface area (Å²) in [6, 6.07) is 10.0. The molecule has 21 heavy (non-hydrogen) atoms. The van der Waals surface area contributed by atoms with Gasteiger partial charge in [-0.15, -0.1) is 0 Å². The number of carbonyl (C=O) groups is 1. The zero-order chi connectivity index (χ0) is 14.7. The standard InChI is InChI=1S/C15H11ClN2O3/c16-11-4-1-3-10(7-11)8-17-9-12-15(19)21-14(18-12)13-5-2-6-20-13/h1-7,9,12H,8H2. The SMILES string of the molecule is O=C1OC(c2ccco2)=NC1C=NCc1cccc(Cl)c1. The molecule has 1 aliphatic heterocycles. The minimum atomic E-state index is -0.732. The first-order valence-corrected chi connectivity index (χ1v) is 6.68. The van der Waals surface area contributed by atoms with Crippen molar-refractivity contribution in [2.45, 2.75) is 12.6 Å². The third kappa shape index (κ3) is 3.20. The van der Waals surface area contributed by atoms with Gasteiger partial charge < -0.3 is 9.15 Å². The normalized spacial score (nSPS) is 18.0. The van der Waals surface area contributed by atoms with Gasteiger partial charge in [0.1, 0.15) is 0 Å². The maximum absolute atomic E-state index is 11.7. The number of carbonyl (C=O) groups excluding carboxylic acids is 1. The number of rotatable bonds is 4. The van der Waals surface area contributed by atoms with E-state index in [4.69, 9.17) is 20.8 Å². The van der Waals surface area contributed by atoms with Crippen molar-refractivity contribution in [3.8, 4) is 0 Å². The van der Waals surface area contributed by atoms with E-state index in [0.717, 1.165) is 5.56 Å². The van der Waals surface area contributed by atoms with E-state index in [1.165, 1.54) is 12.5 Å². The van der Waals surface area contributed by atoms with Crippen LogP contribution < -0.4 is 0 Å². The molecule has 1 unspecified atom stereocenters. The molecule has 1 aromatic heterocycles. The molecular weight excluding hydrogens is 292 g/mol. The molecular formula is C15H11ClN2O3. The maximum atomic E-state index is 11.7. The highest BCUT2D eigenvalue weighted by Gasteiger charge is 2.29. The summed E-state index contributed by atoms with van der Waals surface area (Å²) in [6.45, 7) is 0.427. The molecule has 0 radical (unpaired) electrons. The van der Waals surface area contributed by atoms with Crippen LogP contribution in [0.1, 0.15) is 11.3 Å². The number of furan rings is 1. The number of cyclic esters (lactones) is 1. The molecule has 1 aliphatic rings. The molecule has 2 heterocycles. The Bertz CT molecular complexity index is 707. The molecule has 0 N–H and O–H groups in total. The van der Waals surface area contributed by atoms with E-state index in [2.05, 4.69) is 9.98 Å². The molecule has 1 atom stereocenters. The minimum Gasteiger partial charge on any atom is -0.459 e. The lowest BCUT2D eigenvalue weighted by atomic mass is 10.2. The summed E-state index contributed by atoms with van der Waals surface area (Å²) in [5, 5.41) is 0.654. The average Bonchev–Trinajstić information content (AvgIpc) is 3.09. The lowest BCUT2D eigenvalue weighted by molar-refractivity contribution is -0.133. The van der Waals surface area contributed by atoms with Crippen molar-refractivity contribution in [1.82, 2.24) is 0 Å². The van der Waals surface area contributed by atoms with E-state index in [1.807, 2.05) is 18.2 Å². The molecule has 106 valence electrons. The molecule has 0 bridgehead atoms. The van der Waals surface area contributed by atoms with Crippen LogP contribution in [-0.4, -0.2) is 24.1 Å². The number of hydrogen-bond donors (Lipinski definition) is 0. The molecule has 0 saturated carbocycles. The summed E-state index contributed by atoms with van der Waals surface area (Å²) in [5.74, 6) is 0.148. The van der Waals surface area contributed by atoms with Gasteiger partial charge in [-0.25, -0.2) is 9.79 Å². The van der Waals surface area contributed by atoms with E-state index < -0.39 is 12.0 Å². The minimum absolute atomic E-state index is 0.184. The van der Waals surface area contributed by atoms with Gasteiger partial charge in [0.05, 0.1) is 12.8 Å². The van der Waals surface area contributed by atoms with Gasteiger partial charge in [0.2, 0.25) is 0 Å². The van der Waals surface area contributed by atoms with Gasteiger partial charge in [0, 0.05) is 11.2 Å². The largest absolute Gasteiger partial charge is 0.459 e. The van der Waals surface area contributed by atoms with Crippen LogP contribution in [0.2, 0.25) is 5.02 Å². The quantitative estimate of drug-likeness (QED) is 0.644. The summed E-state index contributed by atoms with van der Waals surface area (Å²) < 4.78 is 10.2. The summed E-state index contributed by atoms with van der Waals surface area (Å²) in [4.78, 5) is 20.0. The Morgan fingerprint density at radius 3 is 3.00 bits per heavy atom. The monoisotopic (exact) mass is 302 g/mol. The van der Waals surface area contributed by atoms with Crippen LogP contribution in [0.4, 0.5) is 0 Å². The Balaban J connectivity index is 1.67. The number of nitrogens with zero attached hydrogens (tertiary/aromatic N) is 2. The van der Waals surface area contributed by atoms with Gasteiger partial charge >= 0.3 is 5.97 Å². The Kier molecular flexibility index (Phi) is 3.83. The van der Waals surface area contributed by atoms with E-state index in [9.17, 15) is 4.79 Å². The van der Waals surface area contributed by atoms with Gasteiger partial charge in [0.25, 0.3) is 5.90 Å². The van der Waals surface area contributed by atoms with E-state index in [-0.39, 0.29) is 5.90 Å². The van der Waals surface area contributed by atoms with Gasteiger partial charge in [-0.2, -0.15) is 0 Å². The van der Waals surface area contributed by atoms with Crippen LogP contribution in [0, 0.1) is 0 Å². The van der Waals surface area contributed by atoms with Crippen molar-refractivity contribution in [3.63, 3.8) is 0 Å². The number of benzene rings is 1. The second-order valence-corrected chi connectivity index (χ2v) is 4.83. The fourth-order valence-corrected chi connectivity index (χ4v) is 2.08. The number of ether oxygens (including phenoxy) is 1. The van der Waals surface area contributed by atoms with Gasteiger partial charge in [-0.1, -0.05) is 23.7 Å². The van der Waals surface area contributed by atoms with Crippen LogP contribution in [0.15, 0.2) is 57.1 Å². The molecule has 0 fully saturated rings. The highest BCUT2D eigenvalue weighted by atomic mass is 35.5. The second kappa shape index (κ2) is 5.93. The Morgan fingerprint density at radius 2 is 2.24 bits per heavy atom. The van der Waals surface area contributed by atoms with Crippen LogP contribution in [0.25, 0.3) is 0 Å². The van der Waals surface area contributed by atoms with Crippen molar-refractivity contribution >= 4 is 29.7 Å². The predicted octanol–water partition coefficient (Wildman–Crippen LogP) is 2.88. The molecule has 1 aromatic carbocycles. The zero-order valence-corrected chi connectivity index (χ0v) is 11.7. The summed E-state index contributed by atoms with van der Waals surface area (Å²) >= 11 is 5.89. The van der Waals surface area contributed by atoms with Crippen molar-refractivity contribution in [2.24, 2.45) is 9.98 Å². The topological polar surface area (TPSA) is 64.2 Å². The lowest BCUT2D eigenvalue weighted by Gasteiger charge is -1.98. The number of esters is 1. The van der Waals surface area contributed by atoms with Gasteiger partial charge in [-0.05, 0) is 29.8 Å². The number of aliphatic imine (C=N–C) groups is 2. The van der Waals surface area contributed by atoms with Crippen LogP contribution in [-0.2, 0) is 16.1 Å². The van der Waals surface area contributed by atoms with Crippen molar-refractivity contribution < 1.29 is 13.9 Å². The predicted molar refractivity (Wildman–Crippen MR) is 78.8 cm³/mol. The van der Waals surface area contributed by atoms with E-state index >= 15 is 0 Å². The molecule has 3 rings (SSSR count). The number of halogens is 1. The van der Waals surface area contributed by atoms with Crippen molar-refractivity contribution in [3.05, 3.63) is 59.0 Å². The van der Waals surface area contributed by atoms with E-state index in [1.54, 1.807) is 18.2 Å². The first-order valence-electron chi connectivity index (χ1n) is 6.30. The third-order valence-electron chi connectivity index (χ3n) is 2.84. The fourth-order valence-electron chi connectivity index (χ4n) is 1.86. The molecule has 0 saturated heterocycles. The Labute approximate surface area is 125 Å². The van der Waals surface area contributed by atoms with Gasteiger partial charge in [-0.3, -0.25) is 4.99 Å². The van der Waals surface area contributed by atoms with Crippen LogP contribution in [0.5, 0.6) is 0 Å². The number of hydrogen-bond acceptors (Lipinski definition) is 5. The molecule has 0 spiro atoms. The fraction of sp³-hybridized carbons (Fsp3) is 0.133. The summed E-state index contributed by atoms with van der Waals surface area (Å²) in [5.41, 5.74) is 0.959. The highest BCUT2D eigenvalue weighted by Crippen LogP contribution is 2.14. The summed E-state index contributed by atoms with van der Waals surface area (Å²) in [7, 11) is 0. The second-order valence-electron chi connectivity index (χ2n) is 4.40. The molecule has 0 amide bonds. The third-order valence-corrected chi connectivity index (χ3v) is 3.07. The summed E-state index contributed by atoms with van der Waals surface area (Å²) in [6.07, 6.45) is 2.96. The maximum Gasteiger partial charge on any atom is 0.343 e.